The zero-order valence-electron chi connectivity index (χ0n) is 5.35. The predicted molar refractivity (Wildman–Crippen MR) is 33.5 cm³/mol. The summed E-state index contributed by atoms with van der Waals surface area (Å²) < 4.78 is 4.98. The molecule has 1 heterocycles. The monoisotopic (exact) mass is 112 g/mol. The molecule has 0 aromatic heterocycles. The summed E-state index contributed by atoms with van der Waals surface area (Å²) in [5, 5.41) is 3.11. The molecule has 1 aliphatic heterocycles. The molecule has 3 heteroatoms. The molecule has 2 nitrogen and oxygen atoms in total. The van der Waals surface area contributed by atoms with Crippen LogP contribution in [-0.4, -0.2) is 20.3 Å². The normalized spacial score (nSPS) is 28.6. The van der Waals surface area contributed by atoms with Gasteiger partial charge in [0.1, 0.15) is 0 Å². The molecule has 1 radical (unpaired) electrons. The first-order valence-electron chi connectivity index (χ1n) is 3.00. The van der Waals surface area contributed by atoms with Gasteiger partial charge in [0.2, 0.25) is 0 Å². The van der Waals surface area contributed by atoms with Crippen LogP contribution in [0.1, 0.15) is 13.8 Å². The van der Waals surface area contributed by atoms with Crippen molar-refractivity contribution < 1.29 is 4.65 Å². The van der Waals surface area contributed by atoms with Crippen molar-refractivity contribution >= 4 is 7.62 Å². The van der Waals surface area contributed by atoms with Crippen LogP contribution in [0.15, 0.2) is 0 Å². The summed E-state index contributed by atoms with van der Waals surface area (Å²) in [5.41, 5.74) is 0. The lowest BCUT2D eigenvalue weighted by Gasteiger charge is -2.11. The van der Waals surface area contributed by atoms with E-state index in [2.05, 4.69) is 19.1 Å². The number of hydrogen-bond donors (Lipinski definition) is 1. The Labute approximate surface area is 50.9 Å². The van der Waals surface area contributed by atoms with Crippen LogP contribution in [0.3, 0.4) is 0 Å². The van der Waals surface area contributed by atoms with Crippen LogP contribution in [0, 0.1) is 5.92 Å². The zero-order valence-corrected chi connectivity index (χ0v) is 5.35. The summed E-state index contributed by atoms with van der Waals surface area (Å²) in [6, 6.07) is 0.537. The van der Waals surface area contributed by atoms with E-state index in [1.165, 1.54) is 0 Å². The first kappa shape index (κ1) is 6.11. The summed E-state index contributed by atoms with van der Waals surface area (Å²) in [4.78, 5) is 0. The molecule has 1 fully saturated rings. The van der Waals surface area contributed by atoms with Gasteiger partial charge in [-0.1, -0.05) is 13.8 Å². The third kappa shape index (κ3) is 1.23. The van der Waals surface area contributed by atoms with Gasteiger partial charge in [0, 0.05) is 12.6 Å². The van der Waals surface area contributed by atoms with Crippen molar-refractivity contribution in [1.29, 1.82) is 0 Å². The summed E-state index contributed by atoms with van der Waals surface area (Å²) in [5.74, 6) is 0.675. The van der Waals surface area contributed by atoms with Crippen LogP contribution < -0.4 is 5.23 Å². The molecule has 1 atom stereocenters. The van der Waals surface area contributed by atoms with Gasteiger partial charge in [-0.05, 0) is 5.92 Å². The Morgan fingerprint density at radius 3 is 2.75 bits per heavy atom. The maximum Gasteiger partial charge on any atom is 0.396 e. The van der Waals surface area contributed by atoms with Crippen molar-refractivity contribution in [1.82, 2.24) is 5.23 Å². The molecule has 45 valence electrons. The Bertz CT molecular complexity index is 70.8. The molecule has 0 aromatic rings. The molecule has 1 unspecified atom stereocenters. The van der Waals surface area contributed by atoms with Crippen molar-refractivity contribution in [3.63, 3.8) is 0 Å². The minimum absolute atomic E-state index is 0.537. The average Bonchev–Trinajstić information content (AvgIpc) is 2.12. The molecule has 1 saturated heterocycles. The van der Waals surface area contributed by atoms with Crippen molar-refractivity contribution in [2.75, 3.05) is 6.61 Å². The van der Waals surface area contributed by atoms with Crippen LogP contribution >= 0.6 is 0 Å². The van der Waals surface area contributed by atoms with Gasteiger partial charge in [-0.25, -0.2) is 0 Å². The molecule has 0 spiro atoms. The van der Waals surface area contributed by atoms with Gasteiger partial charge < -0.3 is 9.88 Å². The van der Waals surface area contributed by atoms with E-state index in [9.17, 15) is 0 Å². The van der Waals surface area contributed by atoms with E-state index in [0.29, 0.717) is 12.0 Å². The highest BCUT2D eigenvalue weighted by Crippen LogP contribution is 2.04. The fourth-order valence-corrected chi connectivity index (χ4v) is 0.720. The predicted octanol–water partition coefficient (Wildman–Crippen LogP) is 0.165. The quantitative estimate of drug-likeness (QED) is 0.488. The number of nitrogens with one attached hydrogen (secondary N) is 1. The molecule has 0 aromatic carbocycles. The fourth-order valence-electron chi connectivity index (χ4n) is 0.720. The van der Waals surface area contributed by atoms with Gasteiger partial charge in [-0.15, -0.1) is 0 Å². The Hall–Kier alpha value is -0.0151. The van der Waals surface area contributed by atoms with Gasteiger partial charge in [0.05, 0.1) is 0 Å². The maximum atomic E-state index is 4.98. The van der Waals surface area contributed by atoms with Gasteiger partial charge in [0.25, 0.3) is 0 Å². The van der Waals surface area contributed by atoms with E-state index in [-0.39, 0.29) is 0 Å². The molecule has 1 aliphatic rings. The first-order chi connectivity index (χ1) is 3.80. The van der Waals surface area contributed by atoms with Crippen molar-refractivity contribution in [2.24, 2.45) is 5.92 Å². The van der Waals surface area contributed by atoms with Crippen molar-refractivity contribution in [2.45, 2.75) is 19.9 Å². The smallest absolute Gasteiger partial charge is 0.396 e. The van der Waals surface area contributed by atoms with E-state index in [4.69, 9.17) is 4.65 Å². The van der Waals surface area contributed by atoms with Gasteiger partial charge in [-0.2, -0.15) is 0 Å². The molecule has 0 bridgehead atoms. The van der Waals surface area contributed by atoms with Gasteiger partial charge in [0.15, 0.2) is 0 Å². The third-order valence-electron chi connectivity index (χ3n) is 1.45. The summed E-state index contributed by atoms with van der Waals surface area (Å²) >= 11 is 0. The Balaban J connectivity index is 2.24. The maximum absolute atomic E-state index is 4.98. The largest absolute Gasteiger partial charge is 0.423 e. The van der Waals surface area contributed by atoms with E-state index < -0.39 is 0 Å². The topological polar surface area (TPSA) is 21.3 Å². The summed E-state index contributed by atoms with van der Waals surface area (Å²) in [7, 11) is 1.67. The minimum Gasteiger partial charge on any atom is -0.423 e. The molecule has 1 rings (SSSR count). The lowest BCUT2D eigenvalue weighted by Crippen LogP contribution is -2.30. The second-order valence-corrected chi connectivity index (χ2v) is 2.47. The highest BCUT2D eigenvalue weighted by Gasteiger charge is 2.18. The Morgan fingerprint density at radius 1 is 1.75 bits per heavy atom. The highest BCUT2D eigenvalue weighted by molar-refractivity contribution is 6.24. The summed E-state index contributed by atoms with van der Waals surface area (Å²) in [6.07, 6.45) is 0. The Morgan fingerprint density at radius 2 is 2.50 bits per heavy atom. The lowest BCUT2D eigenvalue weighted by atomic mass is 10.1. The van der Waals surface area contributed by atoms with E-state index >= 15 is 0 Å². The molecular formula is C5H11BNO. The van der Waals surface area contributed by atoms with Gasteiger partial charge >= 0.3 is 7.62 Å². The van der Waals surface area contributed by atoms with Crippen LogP contribution in [0.2, 0.25) is 0 Å². The molecule has 1 N–H and O–H groups in total. The SMILES string of the molecule is CC(C)C1CO[B]N1. The van der Waals surface area contributed by atoms with Crippen molar-refractivity contribution in [3.8, 4) is 0 Å². The number of rotatable bonds is 1. The standard InChI is InChI=1S/C5H11BNO/c1-4(2)5-3-8-6-7-5/h4-5,7H,3H2,1-2H3. The third-order valence-corrected chi connectivity index (χ3v) is 1.45. The average molecular weight is 112 g/mol. The molecular weight excluding hydrogens is 101 g/mol. The van der Waals surface area contributed by atoms with E-state index in [1.54, 1.807) is 7.62 Å². The second kappa shape index (κ2) is 2.51. The second-order valence-electron chi connectivity index (χ2n) is 2.47. The van der Waals surface area contributed by atoms with Gasteiger partial charge in [-0.3, -0.25) is 0 Å². The van der Waals surface area contributed by atoms with E-state index in [0.717, 1.165) is 6.61 Å². The first-order valence-corrected chi connectivity index (χ1v) is 3.00. The van der Waals surface area contributed by atoms with Crippen LogP contribution in [0.5, 0.6) is 0 Å². The van der Waals surface area contributed by atoms with Crippen LogP contribution in [0.4, 0.5) is 0 Å². The minimum atomic E-state index is 0.537. The van der Waals surface area contributed by atoms with E-state index in [1.807, 2.05) is 0 Å². The number of hydrogen-bond acceptors (Lipinski definition) is 2. The molecule has 0 saturated carbocycles. The van der Waals surface area contributed by atoms with Crippen LogP contribution in [-0.2, 0) is 4.65 Å². The summed E-state index contributed by atoms with van der Waals surface area (Å²) in [6.45, 7) is 5.19. The molecule has 0 amide bonds. The molecule has 8 heavy (non-hydrogen) atoms. The lowest BCUT2D eigenvalue weighted by molar-refractivity contribution is 0.316. The molecule has 0 aliphatic carbocycles. The van der Waals surface area contributed by atoms with Crippen molar-refractivity contribution in [3.05, 3.63) is 0 Å². The van der Waals surface area contributed by atoms with Crippen LogP contribution in [0.25, 0.3) is 0 Å². The Kier molecular flexibility index (Phi) is 1.92. The zero-order chi connectivity index (χ0) is 5.98. The highest BCUT2D eigenvalue weighted by atomic mass is 16.4. The fraction of sp³-hybridized carbons (Fsp3) is 1.00.